The maximum atomic E-state index is 11.3. The topological polar surface area (TPSA) is 42.2 Å². The highest BCUT2D eigenvalue weighted by Gasteiger charge is 2.04. The average Bonchev–Trinajstić information content (AvgIpc) is 2.70. The third kappa shape index (κ3) is 3.83. The highest BCUT2D eigenvalue weighted by Crippen LogP contribution is 2.00. The zero-order chi connectivity index (χ0) is 10.2. The van der Waals surface area contributed by atoms with Gasteiger partial charge in [0.15, 0.2) is 0 Å². The van der Waals surface area contributed by atoms with E-state index in [0.717, 1.165) is 19.3 Å². The number of carbonyl (C=O) groups excluding carboxylic acids is 1. The molecule has 1 rings (SSSR count). The van der Waals surface area contributed by atoms with Gasteiger partial charge in [-0.1, -0.05) is 6.42 Å². The molecule has 0 aromatic carbocycles. The molecule has 1 amide bonds. The van der Waals surface area contributed by atoms with Crippen LogP contribution in [-0.4, -0.2) is 18.3 Å². The lowest BCUT2D eigenvalue weighted by atomic mass is 10.2. The van der Waals surface area contributed by atoms with Crippen LogP contribution in [0.15, 0.2) is 23.0 Å². The summed E-state index contributed by atoms with van der Waals surface area (Å²) in [6.07, 6.45) is 5.95. The van der Waals surface area contributed by atoms with E-state index in [9.17, 15) is 4.79 Å². The Hall–Kier alpha value is -0.960. The Labute approximate surface area is 88.4 Å². The van der Waals surface area contributed by atoms with Crippen molar-refractivity contribution in [1.29, 1.82) is 0 Å². The van der Waals surface area contributed by atoms with Crippen LogP contribution in [-0.2, 0) is 0 Å². The SMILES string of the molecule is O=C(NCCCCCCl)c1ccoc1. The molecule has 1 aromatic heterocycles. The third-order valence-corrected chi connectivity index (χ3v) is 2.15. The van der Waals surface area contributed by atoms with Crippen molar-refractivity contribution in [2.45, 2.75) is 19.3 Å². The average molecular weight is 216 g/mol. The Kier molecular flexibility index (Phi) is 5.15. The summed E-state index contributed by atoms with van der Waals surface area (Å²) < 4.78 is 4.80. The summed E-state index contributed by atoms with van der Waals surface area (Å²) in [7, 11) is 0. The van der Waals surface area contributed by atoms with E-state index in [2.05, 4.69) is 5.32 Å². The second kappa shape index (κ2) is 6.49. The molecular formula is C10H14ClNO2. The number of unbranched alkanes of at least 4 members (excludes halogenated alkanes) is 2. The molecule has 0 aliphatic rings. The van der Waals surface area contributed by atoms with Gasteiger partial charge >= 0.3 is 0 Å². The van der Waals surface area contributed by atoms with Crippen LogP contribution in [0.3, 0.4) is 0 Å². The van der Waals surface area contributed by atoms with Crippen LogP contribution in [0, 0.1) is 0 Å². The van der Waals surface area contributed by atoms with Crippen molar-refractivity contribution in [3.63, 3.8) is 0 Å². The van der Waals surface area contributed by atoms with Gasteiger partial charge in [0.2, 0.25) is 0 Å². The molecule has 0 aliphatic heterocycles. The Morgan fingerprint density at radius 3 is 2.93 bits per heavy atom. The van der Waals surface area contributed by atoms with Crippen molar-refractivity contribution in [2.75, 3.05) is 12.4 Å². The van der Waals surface area contributed by atoms with E-state index < -0.39 is 0 Å². The second-order valence-electron chi connectivity index (χ2n) is 3.02. The largest absolute Gasteiger partial charge is 0.472 e. The van der Waals surface area contributed by atoms with Crippen LogP contribution >= 0.6 is 11.6 Å². The van der Waals surface area contributed by atoms with E-state index in [1.54, 1.807) is 6.07 Å². The second-order valence-corrected chi connectivity index (χ2v) is 3.40. The molecule has 0 unspecified atom stereocenters. The molecule has 0 atom stereocenters. The molecule has 4 heteroatoms. The Morgan fingerprint density at radius 2 is 2.29 bits per heavy atom. The fraction of sp³-hybridized carbons (Fsp3) is 0.500. The minimum atomic E-state index is -0.0791. The number of hydrogen-bond acceptors (Lipinski definition) is 2. The lowest BCUT2D eigenvalue weighted by Crippen LogP contribution is -2.23. The van der Waals surface area contributed by atoms with Crippen LogP contribution in [0.1, 0.15) is 29.6 Å². The van der Waals surface area contributed by atoms with Crippen molar-refractivity contribution in [3.05, 3.63) is 24.2 Å². The number of alkyl halides is 1. The third-order valence-electron chi connectivity index (χ3n) is 1.88. The molecule has 0 bridgehead atoms. The molecule has 78 valence electrons. The van der Waals surface area contributed by atoms with Crippen molar-refractivity contribution in [2.24, 2.45) is 0 Å². The fourth-order valence-corrected chi connectivity index (χ4v) is 1.28. The summed E-state index contributed by atoms with van der Waals surface area (Å²) >= 11 is 5.52. The first-order valence-corrected chi connectivity index (χ1v) is 5.24. The first-order valence-electron chi connectivity index (χ1n) is 4.71. The van der Waals surface area contributed by atoms with Crippen molar-refractivity contribution in [3.8, 4) is 0 Å². The molecule has 14 heavy (non-hydrogen) atoms. The van der Waals surface area contributed by atoms with Crippen LogP contribution in [0.2, 0.25) is 0 Å². The first-order chi connectivity index (χ1) is 6.84. The maximum absolute atomic E-state index is 11.3. The summed E-state index contributed by atoms with van der Waals surface area (Å²) in [5.74, 6) is 0.611. The van der Waals surface area contributed by atoms with E-state index >= 15 is 0 Å². The molecule has 1 N–H and O–H groups in total. The van der Waals surface area contributed by atoms with Gasteiger partial charge in [0, 0.05) is 12.4 Å². The Morgan fingerprint density at radius 1 is 1.43 bits per heavy atom. The van der Waals surface area contributed by atoms with E-state index in [-0.39, 0.29) is 5.91 Å². The summed E-state index contributed by atoms with van der Waals surface area (Å²) in [6, 6.07) is 1.65. The van der Waals surface area contributed by atoms with Gasteiger partial charge in [-0.25, -0.2) is 0 Å². The number of halogens is 1. The van der Waals surface area contributed by atoms with Gasteiger partial charge < -0.3 is 9.73 Å². The van der Waals surface area contributed by atoms with E-state index in [1.165, 1.54) is 12.5 Å². The summed E-state index contributed by atoms with van der Waals surface area (Å²) in [5, 5.41) is 2.80. The lowest BCUT2D eigenvalue weighted by molar-refractivity contribution is 0.0952. The lowest BCUT2D eigenvalue weighted by Gasteiger charge is -2.01. The monoisotopic (exact) mass is 215 g/mol. The molecule has 0 aliphatic carbocycles. The van der Waals surface area contributed by atoms with Crippen LogP contribution in [0.25, 0.3) is 0 Å². The molecule has 0 saturated heterocycles. The summed E-state index contributed by atoms with van der Waals surface area (Å²) in [4.78, 5) is 11.3. The Bertz CT molecular complexity index is 259. The minimum absolute atomic E-state index is 0.0791. The number of nitrogens with one attached hydrogen (secondary N) is 1. The molecule has 3 nitrogen and oxygen atoms in total. The molecule has 0 spiro atoms. The van der Waals surface area contributed by atoms with Crippen LogP contribution in [0.4, 0.5) is 0 Å². The van der Waals surface area contributed by atoms with Gasteiger partial charge in [-0.05, 0) is 18.9 Å². The van der Waals surface area contributed by atoms with Crippen LogP contribution in [0.5, 0.6) is 0 Å². The summed E-state index contributed by atoms with van der Waals surface area (Å²) in [5.41, 5.74) is 0.572. The predicted octanol–water partition coefficient (Wildman–Crippen LogP) is 2.42. The zero-order valence-corrected chi connectivity index (χ0v) is 8.72. The van der Waals surface area contributed by atoms with Gasteiger partial charge in [0.25, 0.3) is 5.91 Å². The number of amides is 1. The minimum Gasteiger partial charge on any atom is -0.472 e. The van der Waals surface area contributed by atoms with Gasteiger partial charge in [0.05, 0.1) is 11.8 Å². The van der Waals surface area contributed by atoms with Gasteiger partial charge in [-0.15, -0.1) is 11.6 Å². The van der Waals surface area contributed by atoms with Crippen molar-refractivity contribution < 1.29 is 9.21 Å². The number of furan rings is 1. The molecule has 1 aromatic rings. The van der Waals surface area contributed by atoms with E-state index in [0.29, 0.717) is 18.0 Å². The van der Waals surface area contributed by atoms with Gasteiger partial charge in [-0.2, -0.15) is 0 Å². The first kappa shape index (κ1) is 11.1. The normalized spacial score (nSPS) is 10.1. The predicted molar refractivity (Wildman–Crippen MR) is 55.6 cm³/mol. The number of carbonyl (C=O) groups is 1. The maximum Gasteiger partial charge on any atom is 0.254 e. The smallest absolute Gasteiger partial charge is 0.254 e. The molecule has 0 radical (unpaired) electrons. The van der Waals surface area contributed by atoms with E-state index in [4.69, 9.17) is 16.0 Å². The summed E-state index contributed by atoms with van der Waals surface area (Å²) in [6.45, 7) is 0.695. The quantitative estimate of drug-likeness (QED) is 0.585. The standard InChI is InChI=1S/C10H14ClNO2/c11-5-2-1-3-6-12-10(13)9-4-7-14-8-9/h4,7-8H,1-3,5-6H2,(H,12,13). The van der Waals surface area contributed by atoms with Crippen molar-refractivity contribution in [1.82, 2.24) is 5.32 Å². The number of rotatable bonds is 6. The highest BCUT2D eigenvalue weighted by molar-refractivity contribution is 6.17. The van der Waals surface area contributed by atoms with E-state index in [1.807, 2.05) is 0 Å². The van der Waals surface area contributed by atoms with Crippen molar-refractivity contribution >= 4 is 17.5 Å². The fourth-order valence-electron chi connectivity index (χ4n) is 1.09. The number of hydrogen-bond donors (Lipinski definition) is 1. The molecular weight excluding hydrogens is 202 g/mol. The Balaban J connectivity index is 2.10. The highest BCUT2D eigenvalue weighted by atomic mass is 35.5. The van der Waals surface area contributed by atoms with Gasteiger partial charge in [-0.3, -0.25) is 4.79 Å². The molecule has 1 heterocycles. The van der Waals surface area contributed by atoms with Gasteiger partial charge in [0.1, 0.15) is 6.26 Å². The molecule has 0 fully saturated rings. The van der Waals surface area contributed by atoms with Crippen LogP contribution < -0.4 is 5.32 Å². The zero-order valence-electron chi connectivity index (χ0n) is 7.96. The molecule has 0 saturated carbocycles.